The molecule has 0 saturated heterocycles. The van der Waals surface area contributed by atoms with Crippen molar-refractivity contribution in [3.05, 3.63) is 0 Å². The number of carbonyl (C=O) groups excluding carboxylic acids is 1. The second-order valence-corrected chi connectivity index (χ2v) is 1.72. The van der Waals surface area contributed by atoms with E-state index in [0.717, 1.165) is 6.42 Å². The lowest BCUT2D eigenvalue weighted by Gasteiger charge is -2.01. The standard InChI is InChI=1S/C6H9N2O/c1-2-3-6(4-7)8-5-9/h6H,2-3H2,1H3,(H,8,9). The van der Waals surface area contributed by atoms with Gasteiger partial charge in [-0.15, -0.1) is 0 Å². The Hall–Kier alpha value is -1.04. The number of rotatable bonds is 4. The van der Waals surface area contributed by atoms with E-state index in [2.05, 4.69) is 5.32 Å². The monoisotopic (exact) mass is 125 g/mol. The largest absolute Gasteiger partial charge is 0.332 e. The van der Waals surface area contributed by atoms with Crippen molar-refractivity contribution in [2.24, 2.45) is 0 Å². The summed E-state index contributed by atoms with van der Waals surface area (Å²) in [6.45, 7) is 1.96. The van der Waals surface area contributed by atoms with Crippen LogP contribution in [-0.2, 0) is 4.79 Å². The number of amides is 1. The molecule has 0 aliphatic rings. The van der Waals surface area contributed by atoms with Crippen LogP contribution in [0.4, 0.5) is 0 Å². The highest BCUT2D eigenvalue weighted by atomic mass is 16.1. The third-order valence-corrected chi connectivity index (χ3v) is 0.966. The summed E-state index contributed by atoms with van der Waals surface area (Å²) in [5.74, 6) is 0. The highest BCUT2D eigenvalue weighted by Crippen LogP contribution is 1.92. The molecule has 0 aromatic heterocycles. The molecule has 0 aromatic carbocycles. The van der Waals surface area contributed by atoms with Gasteiger partial charge < -0.3 is 5.32 Å². The predicted octanol–water partition coefficient (Wildman–Crippen LogP) is 0.335. The summed E-state index contributed by atoms with van der Waals surface area (Å²) < 4.78 is 0. The van der Waals surface area contributed by atoms with E-state index in [1.165, 1.54) is 6.41 Å². The first-order valence-electron chi connectivity index (χ1n) is 2.87. The van der Waals surface area contributed by atoms with Gasteiger partial charge >= 0.3 is 6.41 Å². The number of hydrogen-bond donors (Lipinski definition) is 1. The molecule has 1 radical (unpaired) electrons. The van der Waals surface area contributed by atoms with Crippen molar-refractivity contribution in [1.82, 2.24) is 5.32 Å². The van der Waals surface area contributed by atoms with Crippen molar-refractivity contribution < 1.29 is 4.79 Å². The van der Waals surface area contributed by atoms with Gasteiger partial charge in [0.05, 0.1) is 6.07 Å². The minimum Gasteiger partial charge on any atom is -0.332 e. The third-order valence-electron chi connectivity index (χ3n) is 0.966. The topological polar surface area (TPSA) is 52.9 Å². The number of nitrogens with one attached hydrogen (secondary N) is 1. The molecule has 0 rings (SSSR count). The zero-order chi connectivity index (χ0) is 7.11. The Morgan fingerprint density at radius 1 is 1.78 bits per heavy atom. The molecule has 0 aliphatic heterocycles. The van der Waals surface area contributed by atoms with Gasteiger partial charge in [0.1, 0.15) is 6.04 Å². The summed E-state index contributed by atoms with van der Waals surface area (Å²) in [4.78, 5) is 9.66. The van der Waals surface area contributed by atoms with E-state index in [4.69, 9.17) is 5.26 Å². The van der Waals surface area contributed by atoms with Gasteiger partial charge in [-0.2, -0.15) is 5.26 Å². The van der Waals surface area contributed by atoms with Gasteiger partial charge in [0.2, 0.25) is 0 Å². The van der Waals surface area contributed by atoms with Crippen LogP contribution in [0.15, 0.2) is 0 Å². The van der Waals surface area contributed by atoms with Crippen LogP contribution in [0.1, 0.15) is 19.8 Å². The van der Waals surface area contributed by atoms with Crippen molar-refractivity contribution in [3.8, 4) is 6.07 Å². The van der Waals surface area contributed by atoms with E-state index in [9.17, 15) is 4.79 Å². The van der Waals surface area contributed by atoms with Gasteiger partial charge in [0.25, 0.3) is 0 Å². The fourth-order valence-electron chi connectivity index (χ4n) is 0.529. The maximum atomic E-state index is 9.66. The average molecular weight is 125 g/mol. The molecular formula is C6H9N2O. The molecule has 1 atom stereocenters. The second kappa shape index (κ2) is 5.10. The molecule has 0 spiro atoms. The third kappa shape index (κ3) is 3.53. The maximum absolute atomic E-state index is 9.66. The van der Waals surface area contributed by atoms with Crippen LogP contribution < -0.4 is 5.32 Å². The van der Waals surface area contributed by atoms with E-state index in [0.29, 0.717) is 6.42 Å². The molecule has 0 aliphatic carbocycles. The molecule has 0 saturated carbocycles. The lowest BCUT2D eigenvalue weighted by atomic mass is 10.2. The van der Waals surface area contributed by atoms with Crippen LogP contribution in [0.2, 0.25) is 0 Å². The highest BCUT2D eigenvalue weighted by Gasteiger charge is 2.01. The van der Waals surface area contributed by atoms with Gasteiger partial charge in [0, 0.05) is 0 Å². The van der Waals surface area contributed by atoms with E-state index in [-0.39, 0.29) is 6.04 Å². The molecule has 1 unspecified atom stereocenters. The second-order valence-electron chi connectivity index (χ2n) is 1.72. The summed E-state index contributed by atoms with van der Waals surface area (Å²) in [7, 11) is 0. The van der Waals surface area contributed by atoms with Gasteiger partial charge in [0.15, 0.2) is 0 Å². The van der Waals surface area contributed by atoms with E-state index in [1.54, 1.807) is 0 Å². The fourth-order valence-corrected chi connectivity index (χ4v) is 0.529. The van der Waals surface area contributed by atoms with Crippen LogP contribution in [0, 0.1) is 11.3 Å². The summed E-state index contributed by atoms with van der Waals surface area (Å²) in [5, 5.41) is 10.6. The van der Waals surface area contributed by atoms with E-state index in [1.807, 2.05) is 13.0 Å². The quantitative estimate of drug-likeness (QED) is 0.550. The smallest absolute Gasteiger partial charge is 0.310 e. The molecule has 0 heterocycles. The summed E-state index contributed by atoms with van der Waals surface area (Å²) in [6.07, 6.45) is 3.08. The summed E-state index contributed by atoms with van der Waals surface area (Å²) in [5.41, 5.74) is 0. The van der Waals surface area contributed by atoms with Gasteiger partial charge in [-0.05, 0) is 6.42 Å². The number of hydrogen-bond acceptors (Lipinski definition) is 2. The lowest BCUT2D eigenvalue weighted by molar-refractivity contribution is 0.528. The summed E-state index contributed by atoms with van der Waals surface area (Å²) in [6, 6.07) is 1.58. The van der Waals surface area contributed by atoms with Gasteiger partial charge in [-0.25, -0.2) is 0 Å². The van der Waals surface area contributed by atoms with Gasteiger partial charge in [-0.3, -0.25) is 4.79 Å². The fraction of sp³-hybridized carbons (Fsp3) is 0.667. The zero-order valence-corrected chi connectivity index (χ0v) is 5.35. The minimum atomic E-state index is -0.354. The Balaban J connectivity index is 3.44. The molecule has 1 amide bonds. The molecule has 1 N–H and O–H groups in total. The van der Waals surface area contributed by atoms with E-state index >= 15 is 0 Å². The molecule has 3 nitrogen and oxygen atoms in total. The first-order valence-corrected chi connectivity index (χ1v) is 2.87. The van der Waals surface area contributed by atoms with Gasteiger partial charge in [-0.1, -0.05) is 13.3 Å². The SMILES string of the molecule is CCCC(C#N)N[C]=O. The molecular weight excluding hydrogens is 116 g/mol. The van der Waals surface area contributed by atoms with Crippen LogP contribution >= 0.6 is 0 Å². The molecule has 0 fully saturated rings. The van der Waals surface area contributed by atoms with Crippen LogP contribution in [-0.4, -0.2) is 12.5 Å². The van der Waals surface area contributed by atoms with Crippen molar-refractivity contribution >= 4 is 6.41 Å². The Labute approximate surface area is 54.7 Å². The van der Waals surface area contributed by atoms with Crippen molar-refractivity contribution in [3.63, 3.8) is 0 Å². The summed E-state index contributed by atoms with van der Waals surface area (Å²) >= 11 is 0. The molecule has 0 bridgehead atoms. The Morgan fingerprint density at radius 2 is 2.44 bits per heavy atom. The van der Waals surface area contributed by atoms with Crippen molar-refractivity contribution in [2.75, 3.05) is 0 Å². The first kappa shape index (κ1) is 7.96. The number of nitrogens with zero attached hydrogens (tertiary/aromatic N) is 1. The van der Waals surface area contributed by atoms with Crippen LogP contribution in [0.25, 0.3) is 0 Å². The predicted molar refractivity (Wildman–Crippen MR) is 33.1 cm³/mol. The zero-order valence-electron chi connectivity index (χ0n) is 5.35. The molecule has 49 valence electrons. The van der Waals surface area contributed by atoms with Crippen molar-refractivity contribution in [2.45, 2.75) is 25.8 Å². The lowest BCUT2D eigenvalue weighted by Crippen LogP contribution is -2.25. The first-order chi connectivity index (χ1) is 4.35. The maximum Gasteiger partial charge on any atom is 0.310 e. The average Bonchev–Trinajstić information content (AvgIpc) is 1.88. The Morgan fingerprint density at radius 3 is 2.78 bits per heavy atom. The van der Waals surface area contributed by atoms with Crippen LogP contribution in [0.5, 0.6) is 0 Å². The molecule has 3 heteroatoms. The Bertz CT molecular complexity index is 117. The van der Waals surface area contributed by atoms with Crippen molar-refractivity contribution in [1.29, 1.82) is 5.26 Å². The molecule has 0 aromatic rings. The Kier molecular flexibility index (Phi) is 4.51. The number of nitriles is 1. The van der Waals surface area contributed by atoms with Crippen LogP contribution in [0.3, 0.4) is 0 Å². The minimum absolute atomic E-state index is 0.354. The normalized spacial score (nSPS) is 11.6. The molecule has 9 heavy (non-hydrogen) atoms. The van der Waals surface area contributed by atoms with E-state index < -0.39 is 0 Å². The highest BCUT2D eigenvalue weighted by molar-refractivity contribution is 5.48.